The van der Waals surface area contributed by atoms with E-state index in [4.69, 9.17) is 14.2 Å². The molecule has 1 aliphatic rings. The number of amides is 2. The summed E-state index contributed by atoms with van der Waals surface area (Å²) in [4.78, 5) is 44.7. The lowest BCUT2D eigenvalue weighted by Crippen LogP contribution is -2.43. The topological polar surface area (TPSA) is 136 Å². The molecule has 2 amide bonds. The van der Waals surface area contributed by atoms with Crippen LogP contribution in [0.3, 0.4) is 0 Å². The van der Waals surface area contributed by atoms with Crippen LogP contribution in [0.5, 0.6) is 5.88 Å². The average molecular weight is 544 g/mol. The molecule has 1 fully saturated rings. The van der Waals surface area contributed by atoms with E-state index < -0.39 is 28.3 Å². The number of nitrogens with zero attached hydrogens (tertiary/aromatic N) is 4. The van der Waals surface area contributed by atoms with E-state index in [1.165, 1.54) is 19.2 Å². The van der Waals surface area contributed by atoms with E-state index in [0.29, 0.717) is 11.3 Å². The predicted octanol–water partition coefficient (Wildman–Crippen LogP) is 6.01. The number of imide groups is 1. The van der Waals surface area contributed by atoms with Crippen molar-refractivity contribution >= 4 is 35.1 Å². The molecule has 1 aromatic carbocycles. The number of rotatable bonds is 7. The summed E-state index contributed by atoms with van der Waals surface area (Å²) in [6.45, 7) is 11.8. The Morgan fingerprint density at radius 3 is 2.13 bits per heavy atom. The lowest BCUT2D eigenvalue weighted by atomic mass is 10.1. The number of nitro groups is 1. The lowest BCUT2D eigenvalue weighted by molar-refractivity contribution is -0.384. The summed E-state index contributed by atoms with van der Waals surface area (Å²) < 4.78 is 16.2. The van der Waals surface area contributed by atoms with Gasteiger partial charge in [0.2, 0.25) is 11.7 Å². The average Bonchev–Trinajstić information content (AvgIpc) is 3.34. The van der Waals surface area contributed by atoms with E-state index in [1.54, 1.807) is 53.7 Å². The molecule has 2 aromatic rings. The SMILES string of the molecule is COc1ccc([N+](=O)[O-])c(Nc2ccc(N3CCCC3)c(CN(C(=O)OC(C)(C)C)C(=O)OC(C)(C)C)c2)n1. The largest absolute Gasteiger partial charge is 0.481 e. The van der Waals surface area contributed by atoms with Gasteiger partial charge in [-0.15, -0.1) is 0 Å². The van der Waals surface area contributed by atoms with Crippen LogP contribution in [-0.2, 0) is 16.0 Å². The quantitative estimate of drug-likeness (QED) is 0.326. The molecule has 0 radical (unpaired) electrons. The minimum absolute atomic E-state index is 0.00429. The van der Waals surface area contributed by atoms with Crippen LogP contribution in [0, 0.1) is 10.1 Å². The molecule has 0 unspecified atom stereocenters. The summed E-state index contributed by atoms with van der Waals surface area (Å²) in [6, 6.07) is 8.08. The highest BCUT2D eigenvalue weighted by Crippen LogP contribution is 2.33. The van der Waals surface area contributed by atoms with E-state index in [2.05, 4.69) is 15.2 Å². The number of aromatic nitrogens is 1. The normalized spacial score (nSPS) is 13.6. The maximum atomic E-state index is 13.2. The van der Waals surface area contributed by atoms with Crippen molar-refractivity contribution in [2.45, 2.75) is 72.1 Å². The third-order valence-electron chi connectivity index (χ3n) is 5.60. The van der Waals surface area contributed by atoms with Crippen LogP contribution in [0.15, 0.2) is 30.3 Å². The summed E-state index contributed by atoms with van der Waals surface area (Å²) in [6.07, 6.45) is 0.350. The summed E-state index contributed by atoms with van der Waals surface area (Å²) in [5.41, 5.74) is 0.0352. The van der Waals surface area contributed by atoms with Crippen molar-refractivity contribution in [2.24, 2.45) is 0 Å². The molecule has 2 heterocycles. The molecule has 0 saturated carbocycles. The van der Waals surface area contributed by atoms with Gasteiger partial charge >= 0.3 is 17.9 Å². The van der Waals surface area contributed by atoms with Crippen molar-refractivity contribution < 1.29 is 28.7 Å². The van der Waals surface area contributed by atoms with Gasteiger partial charge in [0, 0.05) is 36.6 Å². The fraction of sp³-hybridized carbons (Fsp3) is 0.519. The summed E-state index contributed by atoms with van der Waals surface area (Å²) in [7, 11) is 1.42. The second-order valence-corrected chi connectivity index (χ2v) is 11.2. The van der Waals surface area contributed by atoms with Gasteiger partial charge in [0.15, 0.2) is 0 Å². The van der Waals surface area contributed by atoms with Gasteiger partial charge in [-0.1, -0.05) is 0 Å². The zero-order chi connectivity index (χ0) is 29.0. The molecule has 39 heavy (non-hydrogen) atoms. The van der Waals surface area contributed by atoms with E-state index >= 15 is 0 Å². The number of benzene rings is 1. The summed E-state index contributed by atoms with van der Waals surface area (Å²) in [5.74, 6) is 0.202. The van der Waals surface area contributed by atoms with Crippen molar-refractivity contribution in [1.29, 1.82) is 0 Å². The lowest BCUT2D eigenvalue weighted by Gasteiger charge is -2.30. The highest BCUT2D eigenvalue weighted by Gasteiger charge is 2.32. The molecular weight excluding hydrogens is 506 g/mol. The van der Waals surface area contributed by atoms with Crippen LogP contribution in [-0.4, -0.2) is 58.4 Å². The van der Waals surface area contributed by atoms with Crippen molar-refractivity contribution in [1.82, 2.24) is 9.88 Å². The Hall–Kier alpha value is -4.09. The van der Waals surface area contributed by atoms with Crippen molar-refractivity contribution in [3.8, 4) is 5.88 Å². The van der Waals surface area contributed by atoms with E-state index in [1.807, 2.05) is 6.07 Å². The third-order valence-corrected chi connectivity index (χ3v) is 5.60. The van der Waals surface area contributed by atoms with Gasteiger partial charge in [0.1, 0.15) is 11.2 Å². The van der Waals surface area contributed by atoms with Gasteiger partial charge in [-0.2, -0.15) is 4.98 Å². The van der Waals surface area contributed by atoms with Gasteiger partial charge in [-0.3, -0.25) is 10.1 Å². The van der Waals surface area contributed by atoms with Crippen LogP contribution in [0.25, 0.3) is 0 Å². The maximum absolute atomic E-state index is 13.2. The Morgan fingerprint density at radius 2 is 1.62 bits per heavy atom. The smallest absolute Gasteiger partial charge is 0.420 e. The van der Waals surface area contributed by atoms with Crippen LogP contribution in [0.4, 0.5) is 32.5 Å². The van der Waals surface area contributed by atoms with E-state index in [-0.39, 0.29) is 23.9 Å². The zero-order valence-corrected chi connectivity index (χ0v) is 23.6. The molecule has 212 valence electrons. The molecule has 3 rings (SSSR count). The number of methoxy groups -OCH3 is 1. The van der Waals surface area contributed by atoms with Crippen molar-refractivity contribution in [3.63, 3.8) is 0 Å². The fourth-order valence-corrected chi connectivity index (χ4v) is 3.99. The number of hydrogen-bond donors (Lipinski definition) is 1. The standard InChI is InChI=1S/C27H37N5O7/c1-26(2,3)38-24(33)31(25(34)39-27(4,5)6)17-18-16-19(10-11-20(18)30-14-8-9-15-30)28-23-21(32(35)36)12-13-22(29-23)37-7/h10-13,16H,8-9,14-15,17H2,1-7H3,(H,28,29). The first-order chi connectivity index (χ1) is 18.2. The number of carbonyl (C=O) groups excluding carboxylic acids is 2. The van der Waals surface area contributed by atoms with E-state index in [0.717, 1.165) is 36.5 Å². The maximum Gasteiger partial charge on any atom is 0.420 e. The Bertz CT molecular complexity index is 1190. The molecule has 1 aromatic heterocycles. The molecule has 0 spiro atoms. The van der Waals surface area contributed by atoms with Gasteiger partial charge in [0.25, 0.3) is 0 Å². The van der Waals surface area contributed by atoms with Crippen LogP contribution in [0.2, 0.25) is 0 Å². The number of ether oxygens (including phenoxy) is 3. The van der Waals surface area contributed by atoms with Gasteiger partial charge in [-0.25, -0.2) is 14.5 Å². The molecule has 1 saturated heterocycles. The van der Waals surface area contributed by atoms with Gasteiger partial charge in [-0.05, 0) is 78.1 Å². The Balaban J connectivity index is 2.04. The Morgan fingerprint density at radius 1 is 1.03 bits per heavy atom. The molecule has 0 aliphatic carbocycles. The second-order valence-electron chi connectivity index (χ2n) is 11.2. The minimum atomic E-state index is -0.840. The van der Waals surface area contributed by atoms with Crippen LogP contribution < -0.4 is 15.0 Å². The number of anilines is 3. The number of hydrogen-bond acceptors (Lipinski definition) is 10. The third kappa shape index (κ3) is 8.20. The molecule has 12 nitrogen and oxygen atoms in total. The summed E-state index contributed by atoms with van der Waals surface area (Å²) in [5, 5.41) is 14.6. The highest BCUT2D eigenvalue weighted by molar-refractivity contribution is 5.88. The first-order valence-corrected chi connectivity index (χ1v) is 12.7. The number of pyridine rings is 1. The summed E-state index contributed by atoms with van der Waals surface area (Å²) >= 11 is 0. The molecule has 0 atom stereocenters. The van der Waals surface area contributed by atoms with Gasteiger partial charge in [0.05, 0.1) is 18.6 Å². The molecular formula is C27H37N5O7. The monoisotopic (exact) mass is 543 g/mol. The highest BCUT2D eigenvalue weighted by atomic mass is 16.6. The number of carbonyl (C=O) groups is 2. The van der Waals surface area contributed by atoms with Crippen molar-refractivity contribution in [2.75, 3.05) is 30.4 Å². The minimum Gasteiger partial charge on any atom is -0.481 e. The van der Waals surface area contributed by atoms with E-state index in [9.17, 15) is 19.7 Å². The number of nitrogens with one attached hydrogen (secondary N) is 1. The van der Waals surface area contributed by atoms with Crippen LogP contribution in [0.1, 0.15) is 59.9 Å². The molecule has 0 bridgehead atoms. The predicted molar refractivity (Wildman–Crippen MR) is 147 cm³/mol. The first kappa shape index (κ1) is 29.5. The fourth-order valence-electron chi connectivity index (χ4n) is 3.99. The first-order valence-electron chi connectivity index (χ1n) is 12.7. The zero-order valence-electron chi connectivity index (χ0n) is 23.6. The molecule has 1 N–H and O–H groups in total. The Labute approximate surface area is 228 Å². The van der Waals surface area contributed by atoms with Crippen molar-refractivity contribution in [3.05, 3.63) is 46.0 Å². The molecule has 1 aliphatic heterocycles. The second kappa shape index (κ2) is 11.7. The van der Waals surface area contributed by atoms with Gasteiger partial charge < -0.3 is 24.4 Å². The molecule has 12 heteroatoms. The Kier molecular flexibility index (Phi) is 8.88. The van der Waals surface area contributed by atoms with Crippen LogP contribution >= 0.6 is 0 Å².